The number of hydrogen-bond donors (Lipinski definition) is 2. The Morgan fingerprint density at radius 1 is 0.578 bits per heavy atom. The van der Waals surface area contributed by atoms with Crippen molar-refractivity contribution < 1.29 is 23.6 Å². The predicted octanol–water partition coefficient (Wildman–Crippen LogP) is 8.73. The number of quaternary nitrogens is 1. The number of carbonyl (C=O) groups excluding carboxylic acids is 3. The van der Waals surface area contributed by atoms with Crippen LogP contribution >= 0.6 is 0 Å². The van der Waals surface area contributed by atoms with Gasteiger partial charge < -0.3 is 19.9 Å². The number of nitrogens with zero attached hydrogens (tertiary/aromatic N) is 1. The molecule has 0 bridgehead atoms. The number of esters is 1. The van der Waals surface area contributed by atoms with E-state index in [2.05, 4.69) is 38.7 Å². The van der Waals surface area contributed by atoms with Crippen LogP contribution in [0.4, 0.5) is 0 Å². The number of carbonyl (C=O) groups is 3. The van der Waals surface area contributed by atoms with Crippen LogP contribution in [0.25, 0.3) is 0 Å². The van der Waals surface area contributed by atoms with E-state index in [0.29, 0.717) is 13.0 Å². The van der Waals surface area contributed by atoms with Crippen LogP contribution in [0.5, 0.6) is 0 Å². The average Bonchev–Trinajstić information content (AvgIpc) is 3.00. The van der Waals surface area contributed by atoms with Crippen molar-refractivity contribution in [3.8, 4) is 0 Å². The molecule has 0 aliphatic heterocycles. The molecule has 0 aromatic heterocycles. The Hall–Kier alpha value is -1.63. The Kier molecular flexibility index (Phi) is 26.5. The first-order chi connectivity index (χ1) is 21.5. The van der Waals surface area contributed by atoms with E-state index in [4.69, 9.17) is 4.74 Å². The molecule has 0 aliphatic rings. The third-order valence-electron chi connectivity index (χ3n) is 9.30. The van der Waals surface area contributed by atoms with Gasteiger partial charge in [-0.1, -0.05) is 137 Å². The molecule has 0 spiro atoms. The molecule has 7 nitrogen and oxygen atoms in total. The highest BCUT2D eigenvalue weighted by Crippen LogP contribution is 2.16. The first kappa shape index (κ1) is 43.4. The molecular formula is C38H76N3O4+. The second-order valence-corrected chi connectivity index (χ2v) is 14.7. The van der Waals surface area contributed by atoms with E-state index in [-0.39, 0.29) is 29.6 Å². The number of rotatable bonds is 30. The van der Waals surface area contributed by atoms with Crippen molar-refractivity contribution in [2.75, 3.05) is 34.3 Å². The molecular weight excluding hydrogens is 562 g/mol. The maximum Gasteiger partial charge on any atom is 0.328 e. The molecule has 0 rings (SSSR count). The van der Waals surface area contributed by atoms with E-state index in [1.54, 1.807) is 0 Å². The summed E-state index contributed by atoms with van der Waals surface area (Å²) in [5, 5.41) is 5.95. The lowest BCUT2D eigenvalue weighted by Crippen LogP contribution is -2.55. The molecule has 7 heteroatoms. The highest BCUT2D eigenvalue weighted by molar-refractivity contribution is 5.91. The monoisotopic (exact) mass is 639 g/mol. The van der Waals surface area contributed by atoms with Crippen molar-refractivity contribution in [2.45, 2.75) is 182 Å². The summed E-state index contributed by atoms with van der Waals surface area (Å²) in [5.74, 6) is -0.828. The Bertz CT molecular complexity index is 752. The molecule has 45 heavy (non-hydrogen) atoms. The summed E-state index contributed by atoms with van der Waals surface area (Å²) >= 11 is 0. The van der Waals surface area contributed by atoms with E-state index >= 15 is 0 Å². The van der Waals surface area contributed by atoms with Crippen LogP contribution in [0, 0.1) is 11.8 Å². The van der Waals surface area contributed by atoms with Crippen LogP contribution in [0.1, 0.15) is 169 Å². The largest absolute Gasteiger partial charge is 0.464 e. The van der Waals surface area contributed by atoms with E-state index in [1.807, 2.05) is 27.7 Å². The van der Waals surface area contributed by atoms with Crippen molar-refractivity contribution in [2.24, 2.45) is 11.8 Å². The smallest absolute Gasteiger partial charge is 0.328 e. The highest BCUT2D eigenvalue weighted by Gasteiger charge is 2.32. The molecule has 0 saturated carbocycles. The van der Waals surface area contributed by atoms with Crippen molar-refractivity contribution in [3.63, 3.8) is 0 Å². The zero-order valence-corrected chi connectivity index (χ0v) is 31.2. The minimum atomic E-state index is -0.707. The molecule has 0 saturated heterocycles. The molecule has 0 aromatic carbocycles. The SMILES string of the molecule is CCCCCCCCCCCCOC(=O)[C@@H](NC(=O)[C@@H](NC(=O)CCCCCCCCCC[N+](C)(C)C)[C@@H](C)CC)[C@@H](C)CC. The van der Waals surface area contributed by atoms with Gasteiger partial charge in [-0.15, -0.1) is 0 Å². The molecule has 0 aliphatic carbocycles. The van der Waals surface area contributed by atoms with Crippen LogP contribution in [0.3, 0.4) is 0 Å². The summed E-state index contributed by atoms with van der Waals surface area (Å²) < 4.78 is 6.67. The molecule has 0 fully saturated rings. The number of amides is 2. The number of ether oxygens (including phenoxy) is 1. The van der Waals surface area contributed by atoms with E-state index < -0.39 is 12.1 Å². The summed E-state index contributed by atoms with van der Waals surface area (Å²) in [6.45, 7) is 11.8. The van der Waals surface area contributed by atoms with Crippen LogP contribution in [-0.4, -0.2) is 68.6 Å². The second kappa shape index (κ2) is 27.5. The first-order valence-corrected chi connectivity index (χ1v) is 19.0. The van der Waals surface area contributed by atoms with E-state index in [9.17, 15) is 14.4 Å². The Morgan fingerprint density at radius 3 is 1.51 bits per heavy atom. The maximum absolute atomic E-state index is 13.4. The zero-order chi connectivity index (χ0) is 33.9. The quantitative estimate of drug-likeness (QED) is 0.0468. The highest BCUT2D eigenvalue weighted by atomic mass is 16.5. The molecule has 0 aromatic rings. The third-order valence-corrected chi connectivity index (χ3v) is 9.30. The van der Waals surface area contributed by atoms with Crippen molar-refractivity contribution in [1.29, 1.82) is 0 Å². The summed E-state index contributed by atoms with van der Waals surface area (Å²) in [5.41, 5.74) is 0. The Labute approximate surface area is 279 Å². The van der Waals surface area contributed by atoms with Crippen LogP contribution in [-0.2, 0) is 19.1 Å². The van der Waals surface area contributed by atoms with Gasteiger partial charge in [-0.05, 0) is 37.5 Å². The van der Waals surface area contributed by atoms with E-state index in [1.165, 1.54) is 90.0 Å². The van der Waals surface area contributed by atoms with Crippen molar-refractivity contribution in [1.82, 2.24) is 10.6 Å². The van der Waals surface area contributed by atoms with Gasteiger partial charge in [0.05, 0.1) is 34.3 Å². The van der Waals surface area contributed by atoms with Gasteiger partial charge in [0.25, 0.3) is 0 Å². The molecule has 0 heterocycles. The number of unbranched alkanes of at least 4 members (excludes halogenated alkanes) is 16. The van der Waals surface area contributed by atoms with Crippen molar-refractivity contribution >= 4 is 17.8 Å². The summed E-state index contributed by atoms with van der Waals surface area (Å²) in [4.78, 5) is 39.3. The fourth-order valence-corrected chi connectivity index (χ4v) is 5.64. The third kappa shape index (κ3) is 24.2. The Balaban J connectivity index is 4.52. The average molecular weight is 639 g/mol. The lowest BCUT2D eigenvalue weighted by Gasteiger charge is -2.28. The van der Waals surface area contributed by atoms with E-state index in [0.717, 1.165) is 49.4 Å². The topological polar surface area (TPSA) is 84.5 Å². The summed E-state index contributed by atoms with van der Waals surface area (Å²) in [6, 6.07) is -1.36. The second-order valence-electron chi connectivity index (χ2n) is 14.7. The van der Waals surface area contributed by atoms with Gasteiger partial charge in [0, 0.05) is 6.42 Å². The van der Waals surface area contributed by atoms with Gasteiger partial charge in [0.2, 0.25) is 11.8 Å². The molecule has 2 amide bonds. The molecule has 0 radical (unpaired) electrons. The minimum Gasteiger partial charge on any atom is -0.464 e. The van der Waals surface area contributed by atoms with Crippen molar-refractivity contribution in [3.05, 3.63) is 0 Å². The Morgan fingerprint density at radius 2 is 1.02 bits per heavy atom. The predicted molar refractivity (Wildman–Crippen MR) is 190 cm³/mol. The fourth-order valence-electron chi connectivity index (χ4n) is 5.64. The first-order valence-electron chi connectivity index (χ1n) is 19.0. The normalized spacial score (nSPS) is 14.4. The fraction of sp³-hybridized carbons (Fsp3) is 0.921. The number of nitrogens with one attached hydrogen (secondary N) is 2. The van der Waals surface area contributed by atoms with Gasteiger partial charge in [0.1, 0.15) is 12.1 Å². The van der Waals surface area contributed by atoms with Crippen LogP contribution in [0.15, 0.2) is 0 Å². The van der Waals surface area contributed by atoms with Gasteiger partial charge in [-0.3, -0.25) is 9.59 Å². The molecule has 4 atom stereocenters. The maximum atomic E-state index is 13.4. The molecule has 0 unspecified atom stereocenters. The van der Waals surface area contributed by atoms with Gasteiger partial charge in [-0.2, -0.15) is 0 Å². The zero-order valence-electron chi connectivity index (χ0n) is 31.2. The summed E-state index contributed by atoms with van der Waals surface area (Å²) in [6.07, 6.45) is 23.6. The van der Waals surface area contributed by atoms with Crippen LogP contribution < -0.4 is 10.6 Å². The molecule has 266 valence electrons. The van der Waals surface area contributed by atoms with Crippen LogP contribution in [0.2, 0.25) is 0 Å². The molecule has 2 N–H and O–H groups in total. The standard InChI is InChI=1S/C38H75N3O4/c1-9-12-13-14-15-16-19-22-25-28-31-45-38(44)36(33(5)11-3)40-37(43)35(32(4)10-2)39-34(42)29-26-23-20-17-18-21-24-27-30-41(6,7)8/h32-33,35-36H,9-31H2,1-8H3,(H-,39,40,42,43)/p+1/t32-,33-,35-,36-/m0/s1. The summed E-state index contributed by atoms with van der Waals surface area (Å²) in [7, 11) is 6.73. The minimum absolute atomic E-state index is 0.0359. The van der Waals surface area contributed by atoms with Gasteiger partial charge in [-0.25, -0.2) is 4.79 Å². The number of hydrogen-bond acceptors (Lipinski definition) is 4. The lowest BCUT2D eigenvalue weighted by atomic mass is 9.95. The lowest BCUT2D eigenvalue weighted by molar-refractivity contribution is -0.870. The van der Waals surface area contributed by atoms with Gasteiger partial charge in [0.15, 0.2) is 0 Å². The van der Waals surface area contributed by atoms with Gasteiger partial charge >= 0.3 is 5.97 Å².